The minimum absolute atomic E-state index is 0.0748. The summed E-state index contributed by atoms with van der Waals surface area (Å²) in [7, 11) is 0. The van der Waals surface area contributed by atoms with Crippen LogP contribution in [0.15, 0.2) is 24.5 Å². The number of pyridine rings is 1. The molecule has 7 heteroatoms. The van der Waals surface area contributed by atoms with Crippen LogP contribution in [0.4, 0.5) is 0 Å². The fraction of sp³-hybridized carbons (Fsp3) is 0.389. The number of imidazole rings is 1. The van der Waals surface area contributed by atoms with Crippen molar-refractivity contribution in [3.8, 4) is 0 Å². The van der Waals surface area contributed by atoms with Gasteiger partial charge < -0.3 is 14.5 Å². The number of ether oxygens (including phenoxy) is 1. The third-order valence-electron chi connectivity index (χ3n) is 4.61. The maximum Gasteiger partial charge on any atom is 0.272 e. The second-order valence-electron chi connectivity index (χ2n) is 6.59. The van der Waals surface area contributed by atoms with Crippen molar-refractivity contribution in [2.45, 2.75) is 45.9 Å². The Hall–Kier alpha value is -2.67. The van der Waals surface area contributed by atoms with E-state index in [0.717, 1.165) is 28.2 Å². The molecule has 4 rings (SSSR count). The molecule has 0 saturated carbocycles. The molecule has 1 aliphatic rings. The summed E-state index contributed by atoms with van der Waals surface area (Å²) in [6, 6.07) is 4.00. The first-order valence-electron chi connectivity index (χ1n) is 8.47. The smallest absolute Gasteiger partial charge is 0.272 e. The molecule has 2 atom stereocenters. The van der Waals surface area contributed by atoms with Crippen LogP contribution in [0.25, 0.3) is 5.65 Å². The van der Waals surface area contributed by atoms with Gasteiger partial charge in [-0.05, 0) is 32.4 Å². The predicted octanol–water partition coefficient (Wildman–Crippen LogP) is 2.32. The number of rotatable bonds is 3. The Morgan fingerprint density at radius 1 is 1.48 bits per heavy atom. The van der Waals surface area contributed by atoms with Crippen molar-refractivity contribution in [3.05, 3.63) is 52.7 Å². The van der Waals surface area contributed by atoms with Gasteiger partial charge in [-0.25, -0.2) is 4.98 Å². The van der Waals surface area contributed by atoms with E-state index in [9.17, 15) is 4.79 Å². The summed E-state index contributed by atoms with van der Waals surface area (Å²) in [6.07, 6.45) is 4.57. The number of aromatic nitrogens is 4. The van der Waals surface area contributed by atoms with Crippen LogP contribution in [0.5, 0.6) is 0 Å². The normalized spacial score (nSPS) is 19.8. The van der Waals surface area contributed by atoms with Gasteiger partial charge in [0.05, 0.1) is 30.1 Å². The fourth-order valence-corrected chi connectivity index (χ4v) is 3.41. The number of nitrogens with zero attached hydrogens (tertiary/aromatic N) is 3. The highest BCUT2D eigenvalue weighted by atomic mass is 16.5. The van der Waals surface area contributed by atoms with Crippen molar-refractivity contribution in [1.29, 1.82) is 0 Å². The van der Waals surface area contributed by atoms with Gasteiger partial charge in [-0.15, -0.1) is 0 Å². The molecule has 0 unspecified atom stereocenters. The lowest BCUT2D eigenvalue weighted by molar-refractivity contribution is -0.00697. The van der Waals surface area contributed by atoms with Gasteiger partial charge in [0.1, 0.15) is 5.65 Å². The maximum atomic E-state index is 12.6. The predicted molar refractivity (Wildman–Crippen MR) is 92.4 cm³/mol. The van der Waals surface area contributed by atoms with Gasteiger partial charge in [0.25, 0.3) is 5.91 Å². The number of hydrogen-bond donors (Lipinski definition) is 2. The van der Waals surface area contributed by atoms with Crippen LogP contribution in [-0.4, -0.2) is 31.6 Å². The van der Waals surface area contributed by atoms with Crippen LogP contribution >= 0.6 is 0 Å². The van der Waals surface area contributed by atoms with Gasteiger partial charge in [-0.3, -0.25) is 9.89 Å². The van der Waals surface area contributed by atoms with Gasteiger partial charge in [0.2, 0.25) is 0 Å². The van der Waals surface area contributed by atoms with Crippen molar-refractivity contribution in [3.63, 3.8) is 0 Å². The molecule has 0 aliphatic carbocycles. The summed E-state index contributed by atoms with van der Waals surface area (Å²) < 4.78 is 7.73. The number of carbonyl (C=O) groups excluding carboxylic acids is 1. The van der Waals surface area contributed by atoms with Crippen LogP contribution in [0.1, 0.15) is 53.0 Å². The van der Waals surface area contributed by atoms with Crippen LogP contribution in [-0.2, 0) is 17.7 Å². The first-order valence-corrected chi connectivity index (χ1v) is 8.47. The fourth-order valence-electron chi connectivity index (χ4n) is 3.41. The summed E-state index contributed by atoms with van der Waals surface area (Å²) in [5, 5.41) is 10.1. The first-order chi connectivity index (χ1) is 12.0. The number of H-pyrrole nitrogens is 1. The Morgan fingerprint density at radius 3 is 3.12 bits per heavy atom. The third-order valence-corrected chi connectivity index (χ3v) is 4.61. The van der Waals surface area contributed by atoms with E-state index in [-0.39, 0.29) is 18.1 Å². The van der Waals surface area contributed by atoms with Crippen LogP contribution in [0.2, 0.25) is 0 Å². The second-order valence-corrected chi connectivity index (χ2v) is 6.59. The number of amides is 1. The first kappa shape index (κ1) is 15.8. The molecule has 1 amide bonds. The topological polar surface area (TPSA) is 84.3 Å². The minimum atomic E-state index is -0.187. The van der Waals surface area contributed by atoms with Gasteiger partial charge in [0.15, 0.2) is 5.69 Å². The average Bonchev–Trinajstić information content (AvgIpc) is 3.17. The molecular weight excluding hydrogens is 318 g/mol. The molecule has 0 saturated heterocycles. The summed E-state index contributed by atoms with van der Waals surface area (Å²) in [5.41, 5.74) is 5.13. The zero-order valence-electron chi connectivity index (χ0n) is 14.5. The molecule has 0 radical (unpaired) electrons. The molecule has 130 valence electrons. The lowest BCUT2D eigenvalue weighted by Crippen LogP contribution is -2.27. The van der Waals surface area contributed by atoms with Crippen molar-refractivity contribution < 1.29 is 9.53 Å². The van der Waals surface area contributed by atoms with Crippen LogP contribution in [0, 0.1) is 6.92 Å². The number of nitrogens with one attached hydrogen (secondary N) is 2. The maximum absolute atomic E-state index is 12.6. The lowest BCUT2D eigenvalue weighted by Gasteiger charge is -2.25. The zero-order valence-corrected chi connectivity index (χ0v) is 14.5. The van der Waals surface area contributed by atoms with Gasteiger partial charge in [-0.1, -0.05) is 6.07 Å². The van der Waals surface area contributed by atoms with E-state index in [4.69, 9.17) is 4.74 Å². The molecule has 2 N–H and O–H groups in total. The monoisotopic (exact) mass is 339 g/mol. The highest BCUT2D eigenvalue weighted by Crippen LogP contribution is 2.30. The SMILES string of the molecule is Cc1cccn2cc(CNC(=O)c3n[nH]c4c3C[C@@H](C)O[C@H]4C)nc12. The quantitative estimate of drug-likeness (QED) is 0.767. The lowest BCUT2D eigenvalue weighted by atomic mass is 9.99. The molecule has 0 fully saturated rings. The summed E-state index contributed by atoms with van der Waals surface area (Å²) >= 11 is 0. The molecule has 25 heavy (non-hydrogen) atoms. The number of fused-ring (bicyclic) bond motifs is 2. The Balaban J connectivity index is 1.52. The molecule has 0 aromatic carbocycles. The minimum Gasteiger partial charge on any atom is -0.369 e. The van der Waals surface area contributed by atoms with E-state index in [2.05, 4.69) is 20.5 Å². The van der Waals surface area contributed by atoms with Crippen molar-refractivity contribution in [2.75, 3.05) is 0 Å². The highest BCUT2D eigenvalue weighted by Gasteiger charge is 2.29. The van der Waals surface area contributed by atoms with E-state index in [1.807, 2.05) is 49.7 Å². The number of carbonyl (C=O) groups is 1. The molecule has 0 bridgehead atoms. The van der Waals surface area contributed by atoms with Gasteiger partial charge in [-0.2, -0.15) is 5.10 Å². The molecule has 7 nitrogen and oxygen atoms in total. The Bertz CT molecular complexity index is 942. The standard InChI is InChI=1S/C18H21N5O2/c1-10-5-4-6-23-9-13(20-17(10)23)8-19-18(24)16-14-7-11(2)25-12(3)15(14)21-22-16/h4-6,9,11-12H,7-8H2,1-3H3,(H,19,24)(H,21,22)/t11-,12+/m1/s1. The van der Waals surface area contributed by atoms with E-state index < -0.39 is 0 Å². The molecular formula is C18H21N5O2. The molecule has 0 spiro atoms. The molecule has 4 heterocycles. The second kappa shape index (κ2) is 6.00. The largest absolute Gasteiger partial charge is 0.369 e. The number of hydrogen-bond acceptors (Lipinski definition) is 4. The van der Waals surface area contributed by atoms with E-state index >= 15 is 0 Å². The van der Waals surface area contributed by atoms with Crippen LogP contribution in [0.3, 0.4) is 0 Å². The summed E-state index contributed by atoms with van der Waals surface area (Å²) in [6.45, 7) is 6.36. The average molecular weight is 339 g/mol. The Kier molecular flexibility index (Phi) is 3.80. The molecule has 1 aliphatic heterocycles. The van der Waals surface area contributed by atoms with Gasteiger partial charge >= 0.3 is 0 Å². The van der Waals surface area contributed by atoms with Crippen molar-refractivity contribution in [2.24, 2.45) is 0 Å². The van der Waals surface area contributed by atoms with Crippen LogP contribution < -0.4 is 5.32 Å². The molecule has 3 aromatic rings. The Morgan fingerprint density at radius 2 is 2.32 bits per heavy atom. The van der Waals surface area contributed by atoms with E-state index in [1.165, 1.54) is 0 Å². The number of aromatic amines is 1. The van der Waals surface area contributed by atoms with Crippen molar-refractivity contribution >= 4 is 11.6 Å². The summed E-state index contributed by atoms with van der Waals surface area (Å²) in [5.74, 6) is -0.187. The summed E-state index contributed by atoms with van der Waals surface area (Å²) in [4.78, 5) is 17.2. The van der Waals surface area contributed by atoms with Crippen molar-refractivity contribution in [1.82, 2.24) is 24.9 Å². The van der Waals surface area contributed by atoms with Gasteiger partial charge in [0, 0.05) is 24.4 Å². The Labute approximate surface area is 145 Å². The highest BCUT2D eigenvalue weighted by molar-refractivity contribution is 5.94. The third kappa shape index (κ3) is 2.80. The van der Waals surface area contributed by atoms with E-state index in [0.29, 0.717) is 18.7 Å². The molecule has 3 aromatic heterocycles. The number of aryl methyl sites for hydroxylation is 1. The van der Waals surface area contributed by atoms with E-state index in [1.54, 1.807) is 0 Å². The zero-order chi connectivity index (χ0) is 17.6.